The van der Waals surface area contributed by atoms with Gasteiger partial charge in [-0.05, 0) is 51.7 Å². The normalized spacial score (nSPS) is 36.4. The Kier molecular flexibility index (Phi) is 3.45. The Bertz CT molecular complexity index is 173. The van der Waals surface area contributed by atoms with Gasteiger partial charge in [-0.2, -0.15) is 0 Å². The van der Waals surface area contributed by atoms with Gasteiger partial charge in [-0.15, -0.1) is 0 Å². The third-order valence-corrected chi connectivity index (χ3v) is 4.14. The van der Waals surface area contributed by atoms with Crippen molar-refractivity contribution in [2.24, 2.45) is 5.92 Å². The van der Waals surface area contributed by atoms with Crippen molar-refractivity contribution >= 4 is 0 Å². The van der Waals surface area contributed by atoms with E-state index in [0.717, 1.165) is 18.0 Å². The Hall–Kier alpha value is -0.0800. The van der Waals surface area contributed by atoms with E-state index in [0.29, 0.717) is 0 Å². The molecule has 0 radical (unpaired) electrons. The molecule has 2 rings (SSSR count). The highest BCUT2D eigenvalue weighted by atomic mass is 15.2. The molecule has 82 valence electrons. The van der Waals surface area contributed by atoms with Crippen LogP contribution in [-0.2, 0) is 0 Å². The van der Waals surface area contributed by atoms with E-state index in [1.54, 1.807) is 0 Å². The Labute approximate surface area is 88.1 Å². The molecule has 2 aliphatic rings. The van der Waals surface area contributed by atoms with Crippen LogP contribution in [0.4, 0.5) is 0 Å². The molecule has 1 saturated heterocycles. The van der Waals surface area contributed by atoms with Crippen LogP contribution in [0.25, 0.3) is 0 Å². The topological polar surface area (TPSA) is 15.3 Å². The van der Waals surface area contributed by atoms with Crippen LogP contribution in [0.15, 0.2) is 0 Å². The molecule has 0 aromatic heterocycles. The summed E-state index contributed by atoms with van der Waals surface area (Å²) in [6.07, 6.45) is 7.04. The molecule has 0 spiro atoms. The fourth-order valence-electron chi connectivity index (χ4n) is 3.07. The second-order valence-corrected chi connectivity index (χ2v) is 5.11. The minimum Gasteiger partial charge on any atom is -0.315 e. The fraction of sp³-hybridized carbons (Fsp3) is 1.00. The molecular formula is C12H24N2. The van der Waals surface area contributed by atoms with Gasteiger partial charge in [0.25, 0.3) is 0 Å². The predicted molar refractivity (Wildman–Crippen MR) is 60.5 cm³/mol. The second-order valence-electron chi connectivity index (χ2n) is 5.11. The van der Waals surface area contributed by atoms with E-state index in [-0.39, 0.29) is 0 Å². The summed E-state index contributed by atoms with van der Waals surface area (Å²) >= 11 is 0. The SMILES string of the molecule is CN[C@@H]1CCC[C@@H]1N1CCC(C)CC1. The summed E-state index contributed by atoms with van der Waals surface area (Å²) < 4.78 is 0. The number of nitrogens with zero attached hydrogens (tertiary/aromatic N) is 1. The van der Waals surface area contributed by atoms with E-state index in [1.165, 1.54) is 45.2 Å². The molecule has 1 N–H and O–H groups in total. The predicted octanol–water partition coefficient (Wildman–Crippen LogP) is 1.86. The molecule has 0 unspecified atom stereocenters. The quantitative estimate of drug-likeness (QED) is 0.725. The maximum absolute atomic E-state index is 3.48. The Morgan fingerprint density at radius 3 is 2.43 bits per heavy atom. The summed E-state index contributed by atoms with van der Waals surface area (Å²) in [7, 11) is 2.12. The fourth-order valence-corrected chi connectivity index (χ4v) is 3.07. The molecule has 2 atom stereocenters. The van der Waals surface area contributed by atoms with Crippen LogP contribution in [0.2, 0.25) is 0 Å². The van der Waals surface area contributed by atoms with Crippen LogP contribution in [0.1, 0.15) is 39.0 Å². The molecule has 1 saturated carbocycles. The molecule has 1 heterocycles. The average molecular weight is 196 g/mol. The summed E-state index contributed by atoms with van der Waals surface area (Å²) in [6.45, 7) is 5.07. The van der Waals surface area contributed by atoms with Crippen LogP contribution in [0, 0.1) is 5.92 Å². The molecule has 0 aromatic carbocycles. The van der Waals surface area contributed by atoms with Crippen LogP contribution in [0.5, 0.6) is 0 Å². The van der Waals surface area contributed by atoms with Crippen molar-refractivity contribution in [1.82, 2.24) is 10.2 Å². The maximum Gasteiger partial charge on any atom is 0.0249 e. The Balaban J connectivity index is 1.88. The zero-order valence-corrected chi connectivity index (χ0v) is 9.63. The molecule has 0 bridgehead atoms. The number of likely N-dealkylation sites (N-methyl/N-ethyl adjacent to an activating group) is 1. The molecule has 1 aliphatic heterocycles. The van der Waals surface area contributed by atoms with Crippen molar-refractivity contribution in [3.05, 3.63) is 0 Å². The van der Waals surface area contributed by atoms with Crippen molar-refractivity contribution in [3.8, 4) is 0 Å². The van der Waals surface area contributed by atoms with Gasteiger partial charge >= 0.3 is 0 Å². The lowest BCUT2D eigenvalue weighted by Crippen LogP contribution is -2.48. The first-order valence-electron chi connectivity index (χ1n) is 6.22. The highest BCUT2D eigenvalue weighted by Crippen LogP contribution is 2.27. The summed E-state index contributed by atoms with van der Waals surface area (Å²) in [6, 6.07) is 1.61. The van der Waals surface area contributed by atoms with Gasteiger partial charge in [0.15, 0.2) is 0 Å². The zero-order chi connectivity index (χ0) is 9.97. The Morgan fingerprint density at radius 2 is 1.79 bits per heavy atom. The zero-order valence-electron chi connectivity index (χ0n) is 9.63. The maximum atomic E-state index is 3.48. The summed E-state index contributed by atoms with van der Waals surface area (Å²) in [5.74, 6) is 0.959. The molecule has 14 heavy (non-hydrogen) atoms. The van der Waals surface area contributed by atoms with Gasteiger partial charge in [0.05, 0.1) is 0 Å². The number of hydrogen-bond acceptors (Lipinski definition) is 2. The first-order chi connectivity index (χ1) is 6.81. The minimum atomic E-state index is 0.767. The van der Waals surface area contributed by atoms with E-state index in [1.807, 2.05) is 0 Å². The van der Waals surface area contributed by atoms with Crippen molar-refractivity contribution < 1.29 is 0 Å². The number of piperidine rings is 1. The van der Waals surface area contributed by atoms with Gasteiger partial charge in [-0.1, -0.05) is 13.3 Å². The van der Waals surface area contributed by atoms with Crippen LogP contribution < -0.4 is 5.32 Å². The molecular weight excluding hydrogens is 172 g/mol. The third-order valence-electron chi connectivity index (χ3n) is 4.14. The van der Waals surface area contributed by atoms with Gasteiger partial charge in [-0.3, -0.25) is 4.90 Å². The molecule has 2 heteroatoms. The molecule has 0 amide bonds. The summed E-state index contributed by atoms with van der Waals surface area (Å²) in [5, 5.41) is 3.48. The number of hydrogen-bond donors (Lipinski definition) is 1. The van der Waals surface area contributed by atoms with Crippen LogP contribution >= 0.6 is 0 Å². The number of likely N-dealkylation sites (tertiary alicyclic amines) is 1. The van der Waals surface area contributed by atoms with Crippen molar-refractivity contribution in [2.45, 2.75) is 51.1 Å². The number of rotatable bonds is 2. The van der Waals surface area contributed by atoms with E-state index in [4.69, 9.17) is 0 Å². The highest BCUT2D eigenvalue weighted by molar-refractivity contribution is 4.90. The van der Waals surface area contributed by atoms with Crippen molar-refractivity contribution in [2.75, 3.05) is 20.1 Å². The first kappa shape index (κ1) is 10.4. The standard InChI is InChI=1S/C12H24N2/c1-10-6-8-14(9-7-10)12-5-3-4-11(12)13-2/h10-13H,3-9H2,1-2H3/t11-,12+/m1/s1. The molecule has 1 aliphatic carbocycles. The molecule has 2 fully saturated rings. The van der Waals surface area contributed by atoms with Gasteiger partial charge in [0.1, 0.15) is 0 Å². The van der Waals surface area contributed by atoms with Crippen molar-refractivity contribution in [3.63, 3.8) is 0 Å². The van der Waals surface area contributed by atoms with Crippen LogP contribution in [-0.4, -0.2) is 37.1 Å². The largest absolute Gasteiger partial charge is 0.315 e. The average Bonchev–Trinajstić information content (AvgIpc) is 2.67. The number of nitrogens with one attached hydrogen (secondary N) is 1. The van der Waals surface area contributed by atoms with E-state index in [9.17, 15) is 0 Å². The van der Waals surface area contributed by atoms with Gasteiger partial charge in [0.2, 0.25) is 0 Å². The van der Waals surface area contributed by atoms with E-state index < -0.39 is 0 Å². The Morgan fingerprint density at radius 1 is 1.07 bits per heavy atom. The lowest BCUT2D eigenvalue weighted by Gasteiger charge is -2.37. The van der Waals surface area contributed by atoms with E-state index >= 15 is 0 Å². The minimum absolute atomic E-state index is 0.767. The highest BCUT2D eigenvalue weighted by Gasteiger charge is 2.32. The van der Waals surface area contributed by atoms with Gasteiger partial charge in [-0.25, -0.2) is 0 Å². The molecule has 0 aromatic rings. The lowest BCUT2D eigenvalue weighted by molar-refractivity contribution is 0.124. The summed E-state index contributed by atoms with van der Waals surface area (Å²) in [4.78, 5) is 2.73. The smallest absolute Gasteiger partial charge is 0.0249 e. The third kappa shape index (κ3) is 2.12. The van der Waals surface area contributed by atoms with Crippen LogP contribution in [0.3, 0.4) is 0 Å². The van der Waals surface area contributed by atoms with E-state index in [2.05, 4.69) is 24.2 Å². The summed E-state index contributed by atoms with van der Waals surface area (Å²) in [5.41, 5.74) is 0. The molecule has 2 nitrogen and oxygen atoms in total. The second kappa shape index (κ2) is 4.63. The van der Waals surface area contributed by atoms with Gasteiger partial charge < -0.3 is 5.32 Å². The van der Waals surface area contributed by atoms with Crippen molar-refractivity contribution in [1.29, 1.82) is 0 Å². The van der Waals surface area contributed by atoms with Gasteiger partial charge in [0, 0.05) is 12.1 Å². The first-order valence-corrected chi connectivity index (χ1v) is 6.22. The lowest BCUT2D eigenvalue weighted by atomic mass is 9.97. The monoisotopic (exact) mass is 196 g/mol.